The van der Waals surface area contributed by atoms with Crippen molar-refractivity contribution in [3.05, 3.63) is 143 Å². The van der Waals surface area contributed by atoms with Crippen molar-refractivity contribution < 1.29 is 62.6 Å². The lowest BCUT2D eigenvalue weighted by atomic mass is 9.99. The van der Waals surface area contributed by atoms with Gasteiger partial charge in [0, 0.05) is 75.1 Å². The van der Waals surface area contributed by atoms with Crippen molar-refractivity contribution in [2.75, 3.05) is 32.8 Å². The number of rotatable bonds is 44. The topological polar surface area (TPSA) is 438 Å². The number of halogens is 1. The predicted octanol–water partition coefficient (Wildman–Crippen LogP) is 2.13. The fourth-order valence-electron chi connectivity index (χ4n) is 12.2. The second kappa shape index (κ2) is 44.1. The van der Waals surface area contributed by atoms with E-state index in [1.165, 1.54) is 43.5 Å². The first-order valence-corrected chi connectivity index (χ1v) is 36.7. The monoisotopic (exact) mass is 1480 g/mol. The third kappa shape index (κ3) is 28.5. The van der Waals surface area contributed by atoms with E-state index in [0.717, 1.165) is 10.8 Å². The second-order valence-corrected chi connectivity index (χ2v) is 27.9. The molecule has 29 nitrogen and oxygen atoms in total. The number of likely N-dealkylation sites (tertiary alicyclic amines) is 1. The SMILES string of the molecule is CC(=O)NC(Cc1ccc2ccccc2c1)C(=O)NC(Cc1ccc(Cl)cc1)C(=O)NC(Cc1cccnc1)C(=O)NC(CO)C(=O)NC(CCCCNC(=O)c1cccnc1)C(=O)NC(CCCCN)C(=O)NC(CC(C)C)C(=O)NC(CCCCNC(C)C)C(=O)N1CCCC1C(=O)NC(C)C(N)=O. The number of aromatic nitrogens is 2. The molecule has 10 unspecified atom stereocenters. The van der Waals surface area contributed by atoms with E-state index in [1.807, 2.05) is 70.2 Å². The Balaban J connectivity index is 1.25. The van der Waals surface area contributed by atoms with Gasteiger partial charge in [-0.25, -0.2) is 0 Å². The molecular weight excluding hydrogens is 1380 g/mol. The van der Waals surface area contributed by atoms with Gasteiger partial charge in [0.2, 0.25) is 65.0 Å². The average Bonchev–Trinajstić information content (AvgIpc) is 1.69. The van der Waals surface area contributed by atoms with Crippen molar-refractivity contribution in [3.8, 4) is 0 Å². The molecule has 0 aliphatic carbocycles. The van der Waals surface area contributed by atoms with Crippen LogP contribution < -0.4 is 70.0 Å². The zero-order chi connectivity index (χ0) is 77.2. The number of amides is 12. The van der Waals surface area contributed by atoms with Gasteiger partial charge in [0.05, 0.1) is 12.2 Å². The number of nitrogens with one attached hydrogen (secondary N) is 11. The summed E-state index contributed by atoms with van der Waals surface area (Å²) in [5.41, 5.74) is 13.4. The van der Waals surface area contributed by atoms with Gasteiger partial charge >= 0.3 is 0 Å². The Bertz CT molecular complexity index is 3740. The van der Waals surface area contributed by atoms with Gasteiger partial charge in [0.15, 0.2) is 0 Å². The molecule has 3 heterocycles. The molecule has 1 fully saturated rings. The van der Waals surface area contributed by atoms with Crippen LogP contribution in [0, 0.1) is 5.92 Å². The Labute approximate surface area is 623 Å². The van der Waals surface area contributed by atoms with Crippen LogP contribution in [0.2, 0.25) is 5.02 Å². The zero-order valence-electron chi connectivity index (χ0n) is 61.3. The molecule has 0 saturated carbocycles. The number of hydrogen-bond acceptors (Lipinski definition) is 17. The first-order valence-electron chi connectivity index (χ1n) is 36.4. The number of carbonyl (C=O) groups excluding carboxylic acids is 12. The molecule has 1 aliphatic heterocycles. The molecule has 0 bridgehead atoms. The van der Waals surface area contributed by atoms with Crippen molar-refractivity contribution in [2.45, 2.75) is 204 Å². The van der Waals surface area contributed by atoms with Gasteiger partial charge in [-0.1, -0.05) is 100.0 Å². The van der Waals surface area contributed by atoms with Crippen LogP contribution in [-0.2, 0) is 72.0 Å². The maximum Gasteiger partial charge on any atom is 0.252 e. The molecule has 10 atom stereocenters. The zero-order valence-corrected chi connectivity index (χ0v) is 62.0. The van der Waals surface area contributed by atoms with E-state index < -0.39 is 138 Å². The van der Waals surface area contributed by atoms with E-state index in [4.69, 9.17) is 23.1 Å². The maximum atomic E-state index is 14.9. The summed E-state index contributed by atoms with van der Waals surface area (Å²) < 4.78 is 0. The number of fused-ring (bicyclic) bond motifs is 1. The van der Waals surface area contributed by atoms with Crippen molar-refractivity contribution in [1.82, 2.24) is 73.4 Å². The van der Waals surface area contributed by atoms with Gasteiger partial charge in [-0.3, -0.25) is 67.5 Å². The smallest absolute Gasteiger partial charge is 0.252 e. The highest BCUT2D eigenvalue weighted by Crippen LogP contribution is 2.22. The summed E-state index contributed by atoms with van der Waals surface area (Å²) in [7, 11) is 0. The van der Waals surface area contributed by atoms with Gasteiger partial charge < -0.3 is 80.0 Å². The fourth-order valence-corrected chi connectivity index (χ4v) is 12.3. The summed E-state index contributed by atoms with van der Waals surface area (Å²) in [6, 6.07) is 13.3. The minimum Gasteiger partial charge on any atom is -0.394 e. The number of hydrogen-bond donors (Lipinski definition) is 14. The lowest BCUT2D eigenvalue weighted by molar-refractivity contribution is -0.142. The normalized spacial score (nSPS) is 15.2. The van der Waals surface area contributed by atoms with Crippen LogP contribution in [0.15, 0.2) is 116 Å². The highest BCUT2D eigenvalue weighted by atomic mass is 35.5. The molecule has 1 saturated heterocycles. The lowest BCUT2D eigenvalue weighted by Gasteiger charge is -2.31. The molecule has 1 aliphatic rings. The highest BCUT2D eigenvalue weighted by molar-refractivity contribution is 6.30. The van der Waals surface area contributed by atoms with E-state index in [2.05, 4.69) is 68.5 Å². The van der Waals surface area contributed by atoms with E-state index >= 15 is 0 Å². The minimum absolute atomic E-state index is 0.00501. The van der Waals surface area contributed by atoms with Crippen LogP contribution >= 0.6 is 11.6 Å². The van der Waals surface area contributed by atoms with Gasteiger partial charge in [-0.05, 0) is 161 Å². The number of pyridine rings is 2. The number of carbonyl (C=O) groups is 12. The second-order valence-electron chi connectivity index (χ2n) is 27.5. The van der Waals surface area contributed by atoms with Crippen LogP contribution in [0.5, 0.6) is 0 Å². The average molecular weight is 1490 g/mol. The third-order valence-corrected chi connectivity index (χ3v) is 18.2. The number of aliphatic hydroxyl groups is 1. The number of nitrogens with two attached hydrogens (primary N) is 2. The number of nitrogens with zero attached hydrogens (tertiary/aromatic N) is 3. The van der Waals surface area contributed by atoms with Crippen LogP contribution in [-0.4, -0.2) is 190 Å². The number of benzene rings is 3. The molecule has 0 spiro atoms. The van der Waals surface area contributed by atoms with E-state index in [-0.39, 0.29) is 89.4 Å². The van der Waals surface area contributed by atoms with Crippen molar-refractivity contribution in [2.24, 2.45) is 17.4 Å². The van der Waals surface area contributed by atoms with E-state index in [1.54, 1.807) is 48.5 Å². The van der Waals surface area contributed by atoms with Crippen molar-refractivity contribution in [3.63, 3.8) is 0 Å². The van der Waals surface area contributed by atoms with Gasteiger partial charge in [-0.15, -0.1) is 0 Å². The minimum atomic E-state index is -1.79. The fraction of sp³-hybridized carbons (Fsp3) is 0.500. The summed E-state index contributed by atoms with van der Waals surface area (Å²) in [5, 5.41) is 43.8. The summed E-state index contributed by atoms with van der Waals surface area (Å²) in [4.78, 5) is 178. The lowest BCUT2D eigenvalue weighted by Crippen LogP contribution is -2.61. The van der Waals surface area contributed by atoms with Crippen LogP contribution in [0.25, 0.3) is 10.8 Å². The van der Waals surface area contributed by atoms with Gasteiger partial charge in [0.1, 0.15) is 60.4 Å². The molecule has 574 valence electrons. The number of primary amides is 1. The summed E-state index contributed by atoms with van der Waals surface area (Å²) in [5.74, 6) is -8.98. The molecule has 0 radical (unpaired) electrons. The predicted molar refractivity (Wildman–Crippen MR) is 400 cm³/mol. The van der Waals surface area contributed by atoms with Crippen LogP contribution in [0.3, 0.4) is 0 Å². The molecule has 2 aromatic heterocycles. The Morgan fingerprint density at radius 2 is 1.05 bits per heavy atom. The highest BCUT2D eigenvalue weighted by Gasteiger charge is 2.40. The first-order chi connectivity index (χ1) is 50.7. The van der Waals surface area contributed by atoms with Crippen LogP contribution in [0.4, 0.5) is 0 Å². The molecule has 106 heavy (non-hydrogen) atoms. The molecule has 12 amide bonds. The summed E-state index contributed by atoms with van der Waals surface area (Å²) >= 11 is 6.25. The van der Waals surface area contributed by atoms with E-state index in [0.29, 0.717) is 72.3 Å². The van der Waals surface area contributed by atoms with Crippen molar-refractivity contribution in [1.29, 1.82) is 0 Å². The first kappa shape index (κ1) is 85.0. The van der Waals surface area contributed by atoms with Gasteiger partial charge in [0.25, 0.3) is 5.91 Å². The molecule has 5 aromatic rings. The summed E-state index contributed by atoms with van der Waals surface area (Å²) in [6.07, 6.45) is 8.72. The Morgan fingerprint density at radius 3 is 1.62 bits per heavy atom. The van der Waals surface area contributed by atoms with E-state index in [9.17, 15) is 62.6 Å². The standard InChI is InChI=1S/C76H105ClN16O13/c1-46(2)38-60(70(100)88-59(24-11-13-35-82-47(3)4)76(106)93-37-17-25-65(93)75(105)84-48(5)66(79)96)89-69(99)57(22-9-12-32-78)86-68(98)58(23-10-14-36-83-67(97)55-21-16-34-81-44-55)87-74(104)64(45-94)92-73(103)63(42-52-18-15-33-80-43-52)91-72(102)62(40-50-27-30-56(77)31-28-50)90-71(101)61(85-49(6)95)41-51-26-29-53-19-7-8-20-54(53)39-51/h7-8,15-16,18-21,26-31,33-34,39,43-44,46-48,57-65,82,94H,9-14,17,22-25,32,35-38,40-42,45,78H2,1-6H3,(H2,79,96)(H,83,97)(H,84,105)(H,85,95)(H,86,98)(H,87,104)(H,88,100)(H,89,99)(H,90,101)(H,91,102)(H,92,103). The maximum absolute atomic E-state index is 14.9. The molecular formula is C76H105ClN16O13. The molecule has 30 heteroatoms. The molecule has 6 rings (SSSR count). The van der Waals surface area contributed by atoms with Gasteiger partial charge in [-0.2, -0.15) is 0 Å². The number of aliphatic hydroxyl groups excluding tert-OH is 1. The number of unbranched alkanes of at least 4 members (excludes halogenated alkanes) is 3. The quantitative estimate of drug-likeness (QED) is 0.0248. The Hall–Kier alpha value is -9.97. The molecule has 16 N–H and O–H groups in total. The molecule has 3 aromatic carbocycles. The van der Waals surface area contributed by atoms with Crippen molar-refractivity contribution >= 4 is 93.3 Å². The largest absolute Gasteiger partial charge is 0.394 e. The summed E-state index contributed by atoms with van der Waals surface area (Å²) in [6.45, 7) is 10.5. The van der Waals surface area contributed by atoms with Crippen LogP contribution in [0.1, 0.15) is 146 Å². The Morgan fingerprint density at radius 1 is 0.538 bits per heavy atom. The Kier molecular flexibility index (Phi) is 35.3. The third-order valence-electron chi connectivity index (χ3n) is 17.9.